The molecule has 2 N–H and O–H groups in total. The van der Waals surface area contributed by atoms with Crippen LogP contribution >= 0.6 is 0 Å². The van der Waals surface area contributed by atoms with E-state index in [1.165, 1.54) is 12.1 Å². The highest BCUT2D eigenvalue weighted by atomic mass is 19.1. The maximum Gasteiger partial charge on any atom is 0.190 e. The smallest absolute Gasteiger partial charge is 0.190 e. The lowest BCUT2D eigenvalue weighted by atomic mass is 10.0. The molecule has 1 aromatic carbocycles. The zero-order valence-corrected chi connectivity index (χ0v) is 11.9. The zero-order chi connectivity index (χ0) is 15.2. The molecule has 0 radical (unpaired) electrons. The van der Waals surface area contributed by atoms with Gasteiger partial charge in [-0.1, -0.05) is 6.92 Å². The van der Waals surface area contributed by atoms with Crippen molar-refractivity contribution in [2.24, 2.45) is 5.73 Å². The lowest BCUT2D eigenvalue weighted by molar-refractivity contribution is 0.264. The van der Waals surface area contributed by atoms with Crippen molar-refractivity contribution in [1.29, 1.82) is 0 Å². The number of benzene rings is 1. The van der Waals surface area contributed by atoms with Crippen LogP contribution in [0.2, 0.25) is 0 Å². The quantitative estimate of drug-likeness (QED) is 0.854. The van der Waals surface area contributed by atoms with E-state index < -0.39 is 11.6 Å². The summed E-state index contributed by atoms with van der Waals surface area (Å²) >= 11 is 0. The molecule has 1 unspecified atom stereocenters. The molecule has 2 aromatic rings. The molecule has 0 bridgehead atoms. The molecule has 2 rings (SSSR count). The Balaban J connectivity index is 1.99. The van der Waals surface area contributed by atoms with Crippen LogP contribution in [0, 0.1) is 11.6 Å². The van der Waals surface area contributed by atoms with Crippen LogP contribution in [0.25, 0.3) is 0 Å². The Morgan fingerprint density at radius 2 is 2.05 bits per heavy atom. The summed E-state index contributed by atoms with van der Waals surface area (Å²) in [5.41, 5.74) is 6.33. The van der Waals surface area contributed by atoms with Crippen molar-refractivity contribution in [2.45, 2.75) is 32.4 Å². The van der Waals surface area contributed by atoms with Gasteiger partial charge in [0.05, 0.1) is 6.54 Å². The molecule has 0 saturated heterocycles. The number of ether oxygens (including phenoxy) is 1. The van der Waals surface area contributed by atoms with Crippen LogP contribution in [0.15, 0.2) is 30.6 Å². The number of hydrogen-bond donors (Lipinski definition) is 1. The normalized spacial score (nSPS) is 12.4. The second kappa shape index (κ2) is 7.17. The van der Waals surface area contributed by atoms with Crippen LogP contribution in [0.5, 0.6) is 5.75 Å². The molecule has 1 heterocycles. The third-order valence-electron chi connectivity index (χ3n) is 3.21. The van der Waals surface area contributed by atoms with Gasteiger partial charge in [0.25, 0.3) is 0 Å². The highest BCUT2D eigenvalue weighted by molar-refractivity contribution is 5.31. The summed E-state index contributed by atoms with van der Waals surface area (Å²) in [6.45, 7) is 2.50. The summed E-state index contributed by atoms with van der Waals surface area (Å²) < 4.78 is 34.6. The Morgan fingerprint density at radius 1 is 1.33 bits per heavy atom. The summed E-state index contributed by atoms with van der Waals surface area (Å²) in [5.74, 6) is -1.75. The largest absolute Gasteiger partial charge is 0.486 e. The fraction of sp³-hybridized carbons (Fsp3) is 0.400. The molecular formula is C15H19F2N3O. The van der Waals surface area contributed by atoms with Gasteiger partial charge in [0.1, 0.15) is 6.61 Å². The van der Waals surface area contributed by atoms with Gasteiger partial charge in [-0.15, -0.1) is 0 Å². The van der Waals surface area contributed by atoms with Crippen molar-refractivity contribution in [3.05, 3.63) is 47.8 Å². The number of nitrogens with zero attached hydrogens (tertiary/aromatic N) is 2. The van der Waals surface area contributed by atoms with Crippen molar-refractivity contribution in [3.8, 4) is 5.75 Å². The summed E-state index contributed by atoms with van der Waals surface area (Å²) in [7, 11) is 0. The molecule has 0 fully saturated rings. The van der Waals surface area contributed by atoms with Crippen molar-refractivity contribution in [2.75, 3.05) is 6.61 Å². The first-order valence-electron chi connectivity index (χ1n) is 6.94. The molecule has 0 aliphatic carbocycles. The lowest BCUT2D eigenvalue weighted by Gasteiger charge is -2.12. The number of halogens is 2. The van der Waals surface area contributed by atoms with E-state index in [1.807, 2.05) is 6.92 Å². The van der Waals surface area contributed by atoms with Gasteiger partial charge in [-0.05, 0) is 36.6 Å². The first-order chi connectivity index (χ1) is 10.1. The molecule has 4 nitrogen and oxygen atoms in total. The minimum atomic E-state index is -0.700. The standard InChI is InChI=1S/C15H19F2N3O/c1-2-12(18)8-11-9-13(16)15(14(17)10-11)21-7-6-20-5-3-4-19-20/h3-5,9-10,12H,2,6-8,18H2,1H3. The molecule has 0 spiro atoms. The van der Waals surface area contributed by atoms with Crippen molar-refractivity contribution in [3.63, 3.8) is 0 Å². The summed E-state index contributed by atoms with van der Waals surface area (Å²) in [5, 5.41) is 3.98. The first kappa shape index (κ1) is 15.4. The molecule has 0 saturated carbocycles. The Bertz CT molecular complexity index is 549. The summed E-state index contributed by atoms with van der Waals surface area (Å²) in [6.07, 6.45) is 4.58. The van der Waals surface area contributed by atoms with Crippen molar-refractivity contribution in [1.82, 2.24) is 9.78 Å². The predicted molar refractivity (Wildman–Crippen MR) is 76.1 cm³/mol. The number of rotatable bonds is 7. The van der Waals surface area contributed by atoms with Gasteiger partial charge >= 0.3 is 0 Å². The third kappa shape index (κ3) is 4.26. The maximum absolute atomic E-state index is 13.9. The summed E-state index contributed by atoms with van der Waals surface area (Å²) in [4.78, 5) is 0. The Labute approximate surface area is 122 Å². The molecular weight excluding hydrogens is 276 g/mol. The summed E-state index contributed by atoms with van der Waals surface area (Å²) in [6, 6.07) is 4.23. The van der Waals surface area contributed by atoms with E-state index in [-0.39, 0.29) is 18.4 Å². The Hall–Kier alpha value is -1.95. The van der Waals surface area contributed by atoms with Gasteiger partial charge in [-0.3, -0.25) is 4.68 Å². The van der Waals surface area contributed by atoms with E-state index in [2.05, 4.69) is 5.10 Å². The minimum Gasteiger partial charge on any atom is -0.486 e. The first-order valence-corrected chi connectivity index (χ1v) is 6.94. The molecule has 21 heavy (non-hydrogen) atoms. The molecule has 0 aliphatic heterocycles. The molecule has 1 atom stereocenters. The predicted octanol–water partition coefficient (Wildman–Crippen LogP) is 2.52. The number of aromatic nitrogens is 2. The van der Waals surface area contributed by atoms with E-state index in [4.69, 9.17) is 10.5 Å². The van der Waals surface area contributed by atoms with Crippen LogP contribution in [0.4, 0.5) is 8.78 Å². The highest BCUT2D eigenvalue weighted by Gasteiger charge is 2.14. The second-order valence-electron chi connectivity index (χ2n) is 4.88. The van der Waals surface area contributed by atoms with E-state index in [1.54, 1.807) is 23.1 Å². The van der Waals surface area contributed by atoms with E-state index in [0.717, 1.165) is 6.42 Å². The van der Waals surface area contributed by atoms with Gasteiger partial charge in [0.15, 0.2) is 17.4 Å². The molecule has 114 valence electrons. The SMILES string of the molecule is CCC(N)Cc1cc(F)c(OCCn2cccn2)c(F)c1. The van der Waals surface area contributed by atoms with Crippen LogP contribution < -0.4 is 10.5 Å². The zero-order valence-electron chi connectivity index (χ0n) is 11.9. The average molecular weight is 295 g/mol. The van der Waals surface area contributed by atoms with Crippen molar-refractivity contribution >= 4 is 0 Å². The van der Waals surface area contributed by atoms with Crippen molar-refractivity contribution < 1.29 is 13.5 Å². The fourth-order valence-corrected chi connectivity index (χ4v) is 1.99. The van der Waals surface area contributed by atoms with Crippen LogP contribution in [0.1, 0.15) is 18.9 Å². The molecule has 1 aromatic heterocycles. The highest BCUT2D eigenvalue weighted by Crippen LogP contribution is 2.24. The van der Waals surface area contributed by atoms with E-state index in [0.29, 0.717) is 18.5 Å². The minimum absolute atomic E-state index is 0.101. The molecule has 6 heteroatoms. The van der Waals surface area contributed by atoms with Gasteiger partial charge in [-0.25, -0.2) is 8.78 Å². The fourth-order valence-electron chi connectivity index (χ4n) is 1.99. The Kier molecular flexibility index (Phi) is 5.27. The second-order valence-corrected chi connectivity index (χ2v) is 4.88. The number of nitrogens with two attached hydrogens (primary N) is 1. The van der Waals surface area contributed by atoms with Gasteiger partial charge in [-0.2, -0.15) is 5.10 Å². The van der Waals surface area contributed by atoms with Gasteiger partial charge < -0.3 is 10.5 Å². The van der Waals surface area contributed by atoms with Crippen LogP contribution in [-0.2, 0) is 13.0 Å². The maximum atomic E-state index is 13.9. The van der Waals surface area contributed by atoms with E-state index >= 15 is 0 Å². The number of hydrogen-bond acceptors (Lipinski definition) is 3. The van der Waals surface area contributed by atoms with Gasteiger partial charge in [0.2, 0.25) is 0 Å². The lowest BCUT2D eigenvalue weighted by Crippen LogP contribution is -2.21. The Morgan fingerprint density at radius 3 is 2.62 bits per heavy atom. The topological polar surface area (TPSA) is 53.1 Å². The molecule has 0 amide bonds. The van der Waals surface area contributed by atoms with Crippen LogP contribution in [-0.4, -0.2) is 22.4 Å². The van der Waals surface area contributed by atoms with Gasteiger partial charge in [0, 0.05) is 18.4 Å². The van der Waals surface area contributed by atoms with Crippen LogP contribution in [0.3, 0.4) is 0 Å². The monoisotopic (exact) mass is 295 g/mol. The van der Waals surface area contributed by atoms with E-state index in [9.17, 15) is 8.78 Å². The third-order valence-corrected chi connectivity index (χ3v) is 3.21. The average Bonchev–Trinajstić information content (AvgIpc) is 2.95. The molecule has 0 aliphatic rings.